The van der Waals surface area contributed by atoms with Gasteiger partial charge in [0.1, 0.15) is 6.61 Å². The Morgan fingerprint density at radius 1 is 0.909 bits per heavy atom. The molecule has 0 radical (unpaired) electrons. The summed E-state index contributed by atoms with van der Waals surface area (Å²) < 4.78 is 5.34. The Labute approximate surface area is 194 Å². The number of carbonyl (C=O) groups excluding carboxylic acids is 2. The molecule has 1 fully saturated rings. The average molecular weight is 446 g/mol. The van der Waals surface area contributed by atoms with Crippen molar-refractivity contribution in [3.05, 3.63) is 83.9 Å². The minimum atomic E-state index is -0.488. The van der Waals surface area contributed by atoms with Crippen LogP contribution in [0.25, 0.3) is 10.8 Å². The second-order valence-electron chi connectivity index (χ2n) is 8.56. The number of amides is 2. The quantitative estimate of drug-likeness (QED) is 0.493. The monoisotopic (exact) mass is 445 g/mol. The first-order valence-corrected chi connectivity index (χ1v) is 11.6. The second kappa shape index (κ2) is 11.5. The zero-order valence-electron chi connectivity index (χ0n) is 18.8. The standard InChI is InChI=1S/C27H31N3O3/c31-26(23-12-14-28-15-13-23)30-25(17-21-10-11-22-8-4-5-9-24(22)16-21)18-29-27(32)33-19-20-6-2-1-3-7-20/h1-11,16,23,25,28H,12-15,17-19H2,(H,29,32)(H,30,31)/t25-/m1/s1. The molecule has 0 unspecified atom stereocenters. The molecule has 1 saturated heterocycles. The first-order chi connectivity index (χ1) is 16.2. The third-order valence-electron chi connectivity index (χ3n) is 6.06. The van der Waals surface area contributed by atoms with Crippen LogP contribution in [0.1, 0.15) is 24.0 Å². The maximum Gasteiger partial charge on any atom is 0.407 e. The second-order valence-corrected chi connectivity index (χ2v) is 8.56. The van der Waals surface area contributed by atoms with Crippen LogP contribution in [0.3, 0.4) is 0 Å². The van der Waals surface area contributed by atoms with Crippen LogP contribution in [0.2, 0.25) is 0 Å². The fraction of sp³-hybridized carbons (Fsp3) is 0.333. The Bertz CT molecular complexity index is 1060. The van der Waals surface area contributed by atoms with Gasteiger partial charge in [0.2, 0.25) is 5.91 Å². The van der Waals surface area contributed by atoms with Crippen LogP contribution in [0.15, 0.2) is 72.8 Å². The van der Waals surface area contributed by atoms with E-state index in [1.165, 1.54) is 5.39 Å². The number of nitrogens with one attached hydrogen (secondary N) is 3. The van der Waals surface area contributed by atoms with Crippen molar-refractivity contribution < 1.29 is 14.3 Å². The molecule has 1 atom stereocenters. The van der Waals surface area contributed by atoms with Gasteiger partial charge in [0.15, 0.2) is 0 Å². The Kier molecular flexibility index (Phi) is 7.93. The number of carbonyl (C=O) groups is 2. The van der Waals surface area contributed by atoms with Gasteiger partial charge in [-0.3, -0.25) is 4.79 Å². The molecule has 0 bridgehead atoms. The van der Waals surface area contributed by atoms with Crippen LogP contribution in [0, 0.1) is 5.92 Å². The van der Waals surface area contributed by atoms with Crippen molar-refractivity contribution >= 4 is 22.8 Å². The SMILES string of the molecule is O=C(NC[C@@H](Cc1ccc2ccccc2c1)NC(=O)C1CCNCC1)OCc1ccccc1. The van der Waals surface area contributed by atoms with Crippen LogP contribution in [0.5, 0.6) is 0 Å². The largest absolute Gasteiger partial charge is 0.445 e. The van der Waals surface area contributed by atoms with Crippen molar-refractivity contribution in [2.24, 2.45) is 5.92 Å². The highest BCUT2D eigenvalue weighted by atomic mass is 16.5. The number of ether oxygens (including phenoxy) is 1. The molecule has 0 aliphatic carbocycles. The lowest BCUT2D eigenvalue weighted by Crippen LogP contribution is -2.48. The van der Waals surface area contributed by atoms with Crippen LogP contribution in [0.4, 0.5) is 4.79 Å². The molecule has 33 heavy (non-hydrogen) atoms. The smallest absolute Gasteiger partial charge is 0.407 e. The molecule has 3 aromatic rings. The highest BCUT2D eigenvalue weighted by Gasteiger charge is 2.24. The van der Waals surface area contributed by atoms with Crippen molar-refractivity contribution in [2.75, 3.05) is 19.6 Å². The molecular weight excluding hydrogens is 414 g/mol. The highest BCUT2D eigenvalue weighted by Crippen LogP contribution is 2.17. The van der Waals surface area contributed by atoms with Gasteiger partial charge in [-0.05, 0) is 54.3 Å². The highest BCUT2D eigenvalue weighted by molar-refractivity contribution is 5.83. The lowest BCUT2D eigenvalue weighted by Gasteiger charge is -2.26. The molecule has 1 aliphatic heterocycles. The molecule has 172 valence electrons. The lowest BCUT2D eigenvalue weighted by atomic mass is 9.96. The molecule has 0 saturated carbocycles. The maximum atomic E-state index is 12.9. The van der Waals surface area contributed by atoms with E-state index in [0.29, 0.717) is 13.0 Å². The lowest BCUT2D eigenvalue weighted by molar-refractivity contribution is -0.126. The summed E-state index contributed by atoms with van der Waals surface area (Å²) in [4.78, 5) is 25.2. The van der Waals surface area contributed by atoms with Crippen molar-refractivity contribution in [1.82, 2.24) is 16.0 Å². The van der Waals surface area contributed by atoms with Gasteiger partial charge in [-0.1, -0.05) is 72.8 Å². The summed E-state index contributed by atoms with van der Waals surface area (Å²) >= 11 is 0. The third-order valence-corrected chi connectivity index (χ3v) is 6.06. The zero-order valence-corrected chi connectivity index (χ0v) is 18.8. The molecule has 6 nitrogen and oxygen atoms in total. The van der Waals surface area contributed by atoms with Crippen LogP contribution < -0.4 is 16.0 Å². The summed E-state index contributed by atoms with van der Waals surface area (Å²) in [6.07, 6.45) is 1.81. The number of rotatable bonds is 8. The molecule has 1 heterocycles. The van der Waals surface area contributed by atoms with Crippen LogP contribution >= 0.6 is 0 Å². The van der Waals surface area contributed by atoms with E-state index in [0.717, 1.165) is 42.4 Å². The van der Waals surface area contributed by atoms with Gasteiger partial charge in [-0.2, -0.15) is 0 Å². The normalized spacial score (nSPS) is 15.0. The van der Waals surface area contributed by atoms with E-state index < -0.39 is 6.09 Å². The van der Waals surface area contributed by atoms with E-state index >= 15 is 0 Å². The predicted molar refractivity (Wildman–Crippen MR) is 130 cm³/mol. The Morgan fingerprint density at radius 3 is 2.42 bits per heavy atom. The number of benzene rings is 3. The molecule has 0 aromatic heterocycles. The average Bonchev–Trinajstić information content (AvgIpc) is 2.87. The van der Waals surface area contributed by atoms with E-state index in [4.69, 9.17) is 4.74 Å². The van der Waals surface area contributed by atoms with Gasteiger partial charge < -0.3 is 20.7 Å². The summed E-state index contributed by atoms with van der Waals surface area (Å²) in [6, 6.07) is 23.9. The maximum absolute atomic E-state index is 12.9. The molecule has 3 N–H and O–H groups in total. The Morgan fingerprint density at radius 2 is 1.64 bits per heavy atom. The molecule has 6 heteroatoms. The fourth-order valence-corrected chi connectivity index (χ4v) is 4.21. The topological polar surface area (TPSA) is 79.5 Å². The first kappa shape index (κ1) is 22.8. The molecule has 1 aliphatic rings. The minimum absolute atomic E-state index is 0.00962. The van der Waals surface area contributed by atoms with E-state index in [-0.39, 0.29) is 24.5 Å². The van der Waals surface area contributed by atoms with Gasteiger partial charge in [-0.25, -0.2) is 4.79 Å². The number of alkyl carbamates (subject to hydrolysis) is 1. The Hall–Kier alpha value is -3.38. The third kappa shape index (κ3) is 6.80. The summed E-state index contributed by atoms with van der Waals surface area (Å²) in [7, 11) is 0. The Balaban J connectivity index is 1.38. The first-order valence-electron chi connectivity index (χ1n) is 11.6. The number of hydrogen-bond acceptors (Lipinski definition) is 4. The number of hydrogen-bond donors (Lipinski definition) is 3. The molecule has 2 amide bonds. The van der Waals surface area contributed by atoms with Gasteiger partial charge in [0, 0.05) is 12.5 Å². The summed E-state index contributed by atoms with van der Waals surface area (Å²) in [5.41, 5.74) is 2.04. The molecule has 4 rings (SSSR count). The minimum Gasteiger partial charge on any atom is -0.445 e. The molecule has 0 spiro atoms. The van der Waals surface area contributed by atoms with Crippen molar-refractivity contribution in [3.8, 4) is 0 Å². The fourth-order valence-electron chi connectivity index (χ4n) is 4.21. The van der Waals surface area contributed by atoms with Gasteiger partial charge in [-0.15, -0.1) is 0 Å². The molecular formula is C27H31N3O3. The van der Waals surface area contributed by atoms with E-state index in [1.807, 2.05) is 42.5 Å². The predicted octanol–water partition coefficient (Wildman–Crippen LogP) is 3.79. The van der Waals surface area contributed by atoms with Crippen molar-refractivity contribution in [1.29, 1.82) is 0 Å². The van der Waals surface area contributed by atoms with Crippen molar-refractivity contribution in [2.45, 2.75) is 31.9 Å². The van der Waals surface area contributed by atoms with E-state index in [2.05, 4.69) is 46.3 Å². The van der Waals surface area contributed by atoms with E-state index in [1.54, 1.807) is 0 Å². The number of fused-ring (bicyclic) bond motifs is 1. The van der Waals surface area contributed by atoms with Gasteiger partial charge in [0.05, 0.1) is 6.04 Å². The van der Waals surface area contributed by atoms with Gasteiger partial charge >= 0.3 is 6.09 Å². The van der Waals surface area contributed by atoms with Gasteiger partial charge in [0.25, 0.3) is 0 Å². The summed E-state index contributed by atoms with van der Waals surface area (Å²) in [5.74, 6) is 0.0668. The summed E-state index contributed by atoms with van der Waals surface area (Å²) in [6.45, 7) is 2.23. The molecule has 3 aromatic carbocycles. The number of piperidine rings is 1. The van der Waals surface area contributed by atoms with Crippen LogP contribution in [-0.4, -0.2) is 37.7 Å². The van der Waals surface area contributed by atoms with Crippen molar-refractivity contribution in [3.63, 3.8) is 0 Å². The van der Waals surface area contributed by atoms with Crippen LogP contribution in [-0.2, 0) is 22.6 Å². The summed E-state index contributed by atoms with van der Waals surface area (Å²) in [5, 5.41) is 11.6. The van der Waals surface area contributed by atoms with E-state index in [9.17, 15) is 9.59 Å². The zero-order chi connectivity index (χ0) is 22.9.